The number of halogens is 3. The second kappa shape index (κ2) is 9.11. The van der Waals surface area contributed by atoms with E-state index in [2.05, 4.69) is 15.0 Å². The van der Waals surface area contributed by atoms with Crippen LogP contribution in [0, 0.1) is 18.6 Å². The number of pyridine rings is 2. The molecular formula is C23H19ClF2N4O3S. The predicted octanol–water partition coefficient (Wildman–Crippen LogP) is 5.25. The van der Waals surface area contributed by atoms with Crippen LogP contribution in [0.4, 0.5) is 14.5 Å². The lowest BCUT2D eigenvalue weighted by Crippen LogP contribution is -2.19. The Morgan fingerprint density at radius 3 is 2.65 bits per heavy atom. The smallest absolute Gasteiger partial charge is 0.232 e. The molecule has 7 nitrogen and oxygen atoms in total. The second-order valence-electron chi connectivity index (χ2n) is 7.65. The molecule has 3 aromatic heterocycles. The van der Waals surface area contributed by atoms with Crippen LogP contribution in [0.3, 0.4) is 0 Å². The fourth-order valence-electron chi connectivity index (χ4n) is 3.52. The molecule has 0 aliphatic carbocycles. The van der Waals surface area contributed by atoms with E-state index in [1.54, 1.807) is 38.2 Å². The zero-order valence-electron chi connectivity index (χ0n) is 18.1. The molecule has 0 bridgehead atoms. The minimum absolute atomic E-state index is 0.0772. The molecular weight excluding hydrogens is 486 g/mol. The molecule has 11 heteroatoms. The number of ketones is 1. The van der Waals surface area contributed by atoms with Gasteiger partial charge in [-0.1, -0.05) is 18.5 Å². The van der Waals surface area contributed by atoms with Gasteiger partial charge >= 0.3 is 0 Å². The molecule has 3 heterocycles. The Morgan fingerprint density at radius 2 is 1.94 bits per heavy atom. The summed E-state index contributed by atoms with van der Waals surface area (Å²) < 4.78 is 55.4. The average molecular weight is 505 g/mol. The normalized spacial score (nSPS) is 11.7. The van der Waals surface area contributed by atoms with E-state index in [-0.39, 0.29) is 22.9 Å². The van der Waals surface area contributed by atoms with Gasteiger partial charge in [0.2, 0.25) is 10.0 Å². The molecule has 0 aliphatic heterocycles. The lowest BCUT2D eigenvalue weighted by molar-refractivity contribution is 0.103. The van der Waals surface area contributed by atoms with E-state index in [0.29, 0.717) is 22.2 Å². The van der Waals surface area contributed by atoms with Gasteiger partial charge in [0.05, 0.1) is 11.3 Å². The number of rotatable bonds is 7. The van der Waals surface area contributed by atoms with Gasteiger partial charge in [-0.15, -0.1) is 0 Å². The van der Waals surface area contributed by atoms with Gasteiger partial charge in [0, 0.05) is 40.2 Å². The van der Waals surface area contributed by atoms with E-state index in [1.807, 2.05) is 4.72 Å². The number of aromatic amines is 1. The molecule has 0 spiro atoms. The SMILES string of the molecule is CCCS(=O)(=O)Nc1c(F)ccc(C(=O)c2c[nH]c3ncc(-c4ccc(C)nc4Cl)cc23)c1F. The highest BCUT2D eigenvalue weighted by atomic mass is 35.5. The third-order valence-corrected chi connectivity index (χ3v) is 6.89. The molecule has 0 amide bonds. The molecule has 34 heavy (non-hydrogen) atoms. The van der Waals surface area contributed by atoms with E-state index in [4.69, 9.17) is 11.6 Å². The van der Waals surface area contributed by atoms with Crippen LogP contribution in [0.2, 0.25) is 5.15 Å². The van der Waals surface area contributed by atoms with Gasteiger partial charge in [-0.05, 0) is 43.7 Å². The lowest BCUT2D eigenvalue weighted by Gasteiger charge is -2.11. The van der Waals surface area contributed by atoms with Crippen LogP contribution in [-0.4, -0.2) is 34.9 Å². The second-order valence-corrected chi connectivity index (χ2v) is 9.85. The fraction of sp³-hybridized carbons (Fsp3) is 0.174. The molecule has 0 fully saturated rings. The van der Waals surface area contributed by atoms with E-state index >= 15 is 4.39 Å². The summed E-state index contributed by atoms with van der Waals surface area (Å²) in [6, 6.07) is 7.04. The molecule has 0 aliphatic rings. The molecule has 0 unspecified atom stereocenters. The maximum atomic E-state index is 15.1. The summed E-state index contributed by atoms with van der Waals surface area (Å²) in [5.74, 6) is -3.52. The number of carbonyl (C=O) groups is 1. The van der Waals surface area contributed by atoms with Gasteiger partial charge in [0.1, 0.15) is 22.3 Å². The summed E-state index contributed by atoms with van der Waals surface area (Å²) in [7, 11) is -3.98. The highest BCUT2D eigenvalue weighted by Crippen LogP contribution is 2.31. The van der Waals surface area contributed by atoms with Crippen molar-refractivity contribution < 1.29 is 22.0 Å². The zero-order chi connectivity index (χ0) is 24.6. The molecule has 0 saturated heterocycles. The Kier molecular flexibility index (Phi) is 6.37. The fourth-order valence-corrected chi connectivity index (χ4v) is 4.96. The number of nitrogens with zero attached hydrogens (tertiary/aromatic N) is 2. The molecule has 4 aromatic rings. The predicted molar refractivity (Wildman–Crippen MR) is 127 cm³/mol. The number of fused-ring (bicyclic) bond motifs is 1. The third kappa shape index (κ3) is 4.51. The Labute approximate surface area is 199 Å². The summed E-state index contributed by atoms with van der Waals surface area (Å²) in [6.45, 7) is 3.42. The van der Waals surface area contributed by atoms with E-state index < -0.39 is 38.7 Å². The largest absolute Gasteiger partial charge is 0.345 e. The van der Waals surface area contributed by atoms with Crippen LogP contribution < -0.4 is 4.72 Å². The molecule has 4 rings (SSSR count). The number of anilines is 1. The van der Waals surface area contributed by atoms with Crippen molar-refractivity contribution in [2.45, 2.75) is 20.3 Å². The summed E-state index contributed by atoms with van der Waals surface area (Å²) in [5.41, 5.74) is 0.987. The van der Waals surface area contributed by atoms with Crippen LogP contribution in [0.15, 0.2) is 42.7 Å². The number of aromatic nitrogens is 3. The van der Waals surface area contributed by atoms with Crippen LogP contribution in [-0.2, 0) is 10.0 Å². The average Bonchev–Trinajstić information content (AvgIpc) is 3.19. The van der Waals surface area contributed by atoms with Crippen LogP contribution in [0.5, 0.6) is 0 Å². The number of benzene rings is 1. The van der Waals surface area contributed by atoms with Crippen molar-refractivity contribution in [2.75, 3.05) is 10.5 Å². The highest BCUT2D eigenvalue weighted by Gasteiger charge is 2.25. The number of hydrogen-bond donors (Lipinski definition) is 2. The highest BCUT2D eigenvalue weighted by molar-refractivity contribution is 7.92. The molecule has 176 valence electrons. The van der Waals surface area contributed by atoms with Crippen LogP contribution in [0.25, 0.3) is 22.2 Å². The van der Waals surface area contributed by atoms with Crippen molar-refractivity contribution in [1.29, 1.82) is 0 Å². The Morgan fingerprint density at radius 1 is 1.18 bits per heavy atom. The van der Waals surface area contributed by atoms with E-state index in [9.17, 15) is 17.6 Å². The van der Waals surface area contributed by atoms with Gasteiger partial charge in [0.15, 0.2) is 11.6 Å². The van der Waals surface area contributed by atoms with Crippen molar-refractivity contribution in [3.05, 3.63) is 76.3 Å². The molecule has 0 atom stereocenters. The Bertz CT molecular complexity index is 1540. The molecule has 0 radical (unpaired) electrons. The monoisotopic (exact) mass is 504 g/mol. The van der Waals surface area contributed by atoms with Gasteiger partial charge in [-0.2, -0.15) is 0 Å². The van der Waals surface area contributed by atoms with Gasteiger partial charge in [0.25, 0.3) is 0 Å². The number of H-pyrrole nitrogens is 1. The Hall–Kier alpha value is -3.37. The first kappa shape index (κ1) is 23.8. The number of carbonyl (C=O) groups excluding carboxylic acids is 1. The molecule has 2 N–H and O–H groups in total. The van der Waals surface area contributed by atoms with Crippen LogP contribution >= 0.6 is 11.6 Å². The zero-order valence-corrected chi connectivity index (χ0v) is 19.7. The van der Waals surface area contributed by atoms with Gasteiger partial charge in [-0.25, -0.2) is 27.2 Å². The summed E-state index contributed by atoms with van der Waals surface area (Å²) >= 11 is 6.26. The first-order chi connectivity index (χ1) is 16.1. The van der Waals surface area contributed by atoms with Crippen molar-refractivity contribution in [2.24, 2.45) is 0 Å². The first-order valence-electron chi connectivity index (χ1n) is 10.2. The number of hydrogen-bond acceptors (Lipinski definition) is 5. The van der Waals surface area contributed by atoms with Crippen LogP contribution in [0.1, 0.15) is 35.0 Å². The van der Waals surface area contributed by atoms with Crippen molar-refractivity contribution in [3.63, 3.8) is 0 Å². The van der Waals surface area contributed by atoms with Gasteiger partial charge < -0.3 is 4.98 Å². The summed E-state index contributed by atoms with van der Waals surface area (Å²) in [5, 5.41) is 0.647. The van der Waals surface area contributed by atoms with E-state index in [1.165, 1.54) is 6.20 Å². The first-order valence-corrected chi connectivity index (χ1v) is 12.3. The molecule has 1 aromatic carbocycles. The Balaban J connectivity index is 1.78. The third-order valence-electron chi connectivity index (χ3n) is 5.14. The minimum atomic E-state index is -3.98. The van der Waals surface area contributed by atoms with Gasteiger partial charge in [-0.3, -0.25) is 9.52 Å². The van der Waals surface area contributed by atoms with Crippen molar-refractivity contribution in [3.8, 4) is 11.1 Å². The lowest BCUT2D eigenvalue weighted by atomic mass is 10.0. The van der Waals surface area contributed by atoms with Crippen molar-refractivity contribution in [1.82, 2.24) is 15.0 Å². The standard InChI is InChI=1S/C23H19ClF2N4O3S/c1-3-8-34(32,33)30-20-18(25)7-6-15(19(20)26)21(31)17-11-28-23-16(17)9-13(10-27-23)14-5-4-12(2)29-22(14)24/h4-7,9-11,30H,3,8H2,1-2H3,(H,27,28). The van der Waals surface area contributed by atoms with Crippen molar-refractivity contribution >= 4 is 44.1 Å². The number of sulfonamides is 1. The maximum absolute atomic E-state index is 15.1. The number of aryl methyl sites for hydroxylation is 1. The topological polar surface area (TPSA) is 105 Å². The molecule has 0 saturated carbocycles. The number of nitrogens with one attached hydrogen (secondary N) is 2. The quantitative estimate of drug-likeness (QED) is 0.264. The van der Waals surface area contributed by atoms with E-state index in [0.717, 1.165) is 17.8 Å². The summed E-state index contributed by atoms with van der Waals surface area (Å²) in [6.07, 6.45) is 3.18. The summed E-state index contributed by atoms with van der Waals surface area (Å²) in [4.78, 5) is 24.6. The minimum Gasteiger partial charge on any atom is -0.345 e. The maximum Gasteiger partial charge on any atom is 0.232 e.